The van der Waals surface area contributed by atoms with Crippen molar-refractivity contribution in [2.75, 3.05) is 31.1 Å². The smallest absolute Gasteiger partial charge is 0.253 e. The quantitative estimate of drug-likeness (QED) is 0.555. The Bertz CT molecular complexity index is 953. The third kappa shape index (κ3) is 4.54. The van der Waals surface area contributed by atoms with E-state index in [1.165, 1.54) is 11.5 Å². The van der Waals surface area contributed by atoms with Crippen LogP contribution in [0.25, 0.3) is 0 Å². The molecule has 5 nitrogen and oxygen atoms in total. The molecule has 3 aromatic rings. The molecule has 0 unspecified atom stereocenters. The Balaban J connectivity index is 1.35. The number of carbonyl (C=O) groups is 1. The zero-order valence-corrected chi connectivity index (χ0v) is 18.2. The van der Waals surface area contributed by atoms with E-state index in [1.807, 2.05) is 53.4 Å². The van der Waals surface area contributed by atoms with Crippen molar-refractivity contribution < 1.29 is 4.79 Å². The van der Waals surface area contributed by atoms with E-state index in [0.29, 0.717) is 19.5 Å². The van der Waals surface area contributed by atoms with Crippen molar-refractivity contribution >= 4 is 50.1 Å². The molecular weight excluding hydrogens is 460 g/mol. The van der Waals surface area contributed by atoms with Gasteiger partial charge in [-0.3, -0.25) is 4.79 Å². The standard InChI is InChI=1S/C20H18BrClN4OS/c21-16-5-3-15(4-6-16)19(27)25-9-11-26(12-10-25)20-23-18(24-28-20)13-14-1-7-17(22)8-2-14/h1-8H,9-13H2. The van der Waals surface area contributed by atoms with E-state index in [2.05, 4.69) is 30.2 Å². The highest BCUT2D eigenvalue weighted by Gasteiger charge is 2.24. The average molecular weight is 478 g/mol. The summed E-state index contributed by atoms with van der Waals surface area (Å²) in [6, 6.07) is 15.3. The highest BCUT2D eigenvalue weighted by atomic mass is 79.9. The Morgan fingerprint density at radius 2 is 1.71 bits per heavy atom. The third-order valence-electron chi connectivity index (χ3n) is 4.66. The van der Waals surface area contributed by atoms with Crippen LogP contribution in [-0.4, -0.2) is 46.3 Å². The zero-order valence-electron chi connectivity index (χ0n) is 15.0. The minimum Gasteiger partial charge on any atom is -0.343 e. The second-order valence-corrected chi connectivity index (χ2v) is 8.66. The number of rotatable bonds is 4. The Morgan fingerprint density at radius 1 is 1.04 bits per heavy atom. The van der Waals surface area contributed by atoms with E-state index in [1.54, 1.807) is 0 Å². The molecule has 8 heteroatoms. The van der Waals surface area contributed by atoms with Crippen molar-refractivity contribution in [3.05, 3.63) is 75.0 Å². The van der Waals surface area contributed by atoms with Gasteiger partial charge in [-0.2, -0.15) is 4.37 Å². The van der Waals surface area contributed by atoms with Gasteiger partial charge in [0.2, 0.25) is 5.13 Å². The number of amides is 1. The van der Waals surface area contributed by atoms with E-state index < -0.39 is 0 Å². The Kier molecular flexibility index (Phi) is 5.94. The van der Waals surface area contributed by atoms with Crippen LogP contribution in [0, 0.1) is 0 Å². The minimum atomic E-state index is 0.0767. The fourth-order valence-electron chi connectivity index (χ4n) is 3.11. The lowest BCUT2D eigenvalue weighted by Crippen LogP contribution is -2.48. The Morgan fingerprint density at radius 3 is 2.39 bits per heavy atom. The number of halogens is 2. The lowest BCUT2D eigenvalue weighted by molar-refractivity contribution is 0.0746. The van der Waals surface area contributed by atoms with Crippen LogP contribution in [0.1, 0.15) is 21.7 Å². The molecule has 2 aromatic carbocycles. The molecule has 144 valence electrons. The number of carbonyl (C=O) groups excluding carboxylic acids is 1. The molecule has 1 aromatic heterocycles. The molecule has 4 rings (SSSR count). The van der Waals surface area contributed by atoms with Gasteiger partial charge in [0.1, 0.15) is 5.82 Å². The molecule has 0 saturated carbocycles. The second-order valence-electron chi connectivity index (χ2n) is 6.58. The van der Waals surface area contributed by atoms with Gasteiger partial charge in [-0.15, -0.1) is 0 Å². The van der Waals surface area contributed by atoms with Crippen molar-refractivity contribution in [3.63, 3.8) is 0 Å². The number of benzene rings is 2. The molecular formula is C20H18BrClN4OS. The minimum absolute atomic E-state index is 0.0767. The summed E-state index contributed by atoms with van der Waals surface area (Å²) < 4.78 is 5.46. The van der Waals surface area contributed by atoms with E-state index in [4.69, 9.17) is 11.6 Å². The van der Waals surface area contributed by atoms with Crippen LogP contribution in [0.2, 0.25) is 5.02 Å². The number of piperazine rings is 1. The molecule has 0 spiro atoms. The van der Waals surface area contributed by atoms with Gasteiger partial charge in [-0.05, 0) is 42.0 Å². The van der Waals surface area contributed by atoms with Crippen molar-refractivity contribution in [3.8, 4) is 0 Å². The highest BCUT2D eigenvalue weighted by molar-refractivity contribution is 9.10. The first-order valence-electron chi connectivity index (χ1n) is 8.95. The molecule has 1 aliphatic heterocycles. The van der Waals surface area contributed by atoms with E-state index >= 15 is 0 Å². The summed E-state index contributed by atoms with van der Waals surface area (Å²) in [6.07, 6.45) is 0.690. The topological polar surface area (TPSA) is 49.3 Å². The Labute approximate surface area is 181 Å². The molecule has 1 fully saturated rings. The number of hydrogen-bond acceptors (Lipinski definition) is 5. The van der Waals surface area contributed by atoms with Crippen LogP contribution in [0.4, 0.5) is 5.13 Å². The Hall–Kier alpha value is -1.96. The summed E-state index contributed by atoms with van der Waals surface area (Å²) in [4.78, 5) is 21.4. The molecule has 28 heavy (non-hydrogen) atoms. The third-order valence-corrected chi connectivity index (χ3v) is 6.26. The van der Waals surface area contributed by atoms with Crippen LogP contribution in [0.5, 0.6) is 0 Å². The van der Waals surface area contributed by atoms with Gasteiger partial charge in [0.05, 0.1) is 0 Å². The van der Waals surface area contributed by atoms with Gasteiger partial charge in [-0.1, -0.05) is 39.7 Å². The maximum Gasteiger partial charge on any atom is 0.253 e. The van der Waals surface area contributed by atoms with Crippen molar-refractivity contribution in [1.82, 2.24) is 14.3 Å². The predicted molar refractivity (Wildman–Crippen MR) is 116 cm³/mol. The lowest BCUT2D eigenvalue weighted by atomic mass is 10.1. The van der Waals surface area contributed by atoms with Gasteiger partial charge in [0.25, 0.3) is 5.91 Å². The average Bonchev–Trinajstić information content (AvgIpc) is 3.18. The summed E-state index contributed by atoms with van der Waals surface area (Å²) in [5.41, 5.74) is 1.86. The maximum absolute atomic E-state index is 12.6. The number of hydrogen-bond donors (Lipinski definition) is 0. The second kappa shape index (κ2) is 8.59. The molecule has 0 bridgehead atoms. The van der Waals surface area contributed by atoms with E-state index in [-0.39, 0.29) is 5.91 Å². The molecule has 0 atom stereocenters. The van der Waals surface area contributed by atoms with Gasteiger partial charge in [0.15, 0.2) is 0 Å². The van der Waals surface area contributed by atoms with Crippen LogP contribution >= 0.6 is 39.1 Å². The van der Waals surface area contributed by atoms with Crippen LogP contribution in [0.3, 0.4) is 0 Å². The van der Waals surface area contributed by atoms with E-state index in [9.17, 15) is 4.79 Å². The van der Waals surface area contributed by atoms with Crippen LogP contribution < -0.4 is 4.90 Å². The van der Waals surface area contributed by atoms with Gasteiger partial charge >= 0.3 is 0 Å². The maximum atomic E-state index is 12.6. The predicted octanol–water partition coefficient (Wildman–Crippen LogP) is 4.51. The van der Waals surface area contributed by atoms with E-state index in [0.717, 1.165) is 44.7 Å². The molecule has 0 N–H and O–H groups in total. The first kappa shape index (κ1) is 19.4. The van der Waals surface area contributed by atoms with Crippen molar-refractivity contribution in [2.24, 2.45) is 0 Å². The molecule has 0 radical (unpaired) electrons. The van der Waals surface area contributed by atoms with Crippen LogP contribution in [-0.2, 0) is 6.42 Å². The molecule has 1 amide bonds. The SMILES string of the molecule is O=C(c1ccc(Br)cc1)N1CCN(c2nc(Cc3ccc(Cl)cc3)ns2)CC1. The largest absolute Gasteiger partial charge is 0.343 e. The van der Waals surface area contributed by atoms with Gasteiger partial charge in [-0.25, -0.2) is 4.98 Å². The summed E-state index contributed by atoms with van der Waals surface area (Å²) in [7, 11) is 0. The first-order valence-corrected chi connectivity index (χ1v) is 10.9. The van der Waals surface area contributed by atoms with Crippen molar-refractivity contribution in [2.45, 2.75) is 6.42 Å². The van der Waals surface area contributed by atoms with Crippen LogP contribution in [0.15, 0.2) is 53.0 Å². The normalized spacial score (nSPS) is 14.4. The molecule has 0 aliphatic carbocycles. The highest BCUT2D eigenvalue weighted by Crippen LogP contribution is 2.22. The first-order chi connectivity index (χ1) is 13.6. The summed E-state index contributed by atoms with van der Waals surface area (Å²) in [6.45, 7) is 2.89. The monoisotopic (exact) mass is 476 g/mol. The molecule has 1 aliphatic rings. The van der Waals surface area contributed by atoms with Gasteiger partial charge < -0.3 is 9.80 Å². The fourth-order valence-corrected chi connectivity index (χ4v) is 4.23. The van der Waals surface area contributed by atoms with Gasteiger partial charge in [0, 0.05) is 59.2 Å². The molecule has 2 heterocycles. The number of anilines is 1. The molecule has 1 saturated heterocycles. The number of aromatic nitrogens is 2. The fraction of sp³-hybridized carbons (Fsp3) is 0.250. The summed E-state index contributed by atoms with van der Waals surface area (Å²) >= 11 is 10.8. The zero-order chi connectivity index (χ0) is 19.5. The summed E-state index contributed by atoms with van der Waals surface area (Å²) in [5.74, 6) is 0.892. The summed E-state index contributed by atoms with van der Waals surface area (Å²) in [5, 5.41) is 1.64. The number of nitrogens with zero attached hydrogens (tertiary/aromatic N) is 4. The lowest BCUT2D eigenvalue weighted by Gasteiger charge is -2.34. The van der Waals surface area contributed by atoms with Crippen molar-refractivity contribution in [1.29, 1.82) is 0 Å².